The summed E-state index contributed by atoms with van der Waals surface area (Å²) in [5.41, 5.74) is 2.10. The number of nitrogens with one attached hydrogen (secondary N) is 2. The van der Waals surface area contributed by atoms with Crippen LogP contribution in [0.5, 0.6) is 0 Å². The first-order chi connectivity index (χ1) is 20.1. The molecule has 2 heterocycles. The Kier molecular flexibility index (Phi) is 8.00. The number of halogens is 3. The molecule has 3 aromatic carbocycles. The summed E-state index contributed by atoms with van der Waals surface area (Å²) in [6.45, 7) is 1.59. The van der Waals surface area contributed by atoms with E-state index in [-0.39, 0.29) is 23.1 Å². The van der Waals surface area contributed by atoms with Crippen LogP contribution in [0.4, 0.5) is 13.2 Å². The number of carbonyl (C=O) groups excluding carboxylic acids is 2. The molecule has 1 aliphatic heterocycles. The summed E-state index contributed by atoms with van der Waals surface area (Å²) in [4.78, 5) is 35.4. The second-order valence-electron chi connectivity index (χ2n) is 9.87. The number of alkyl halides is 3. The maximum atomic E-state index is 13.8. The molecule has 0 aliphatic carbocycles. The molecule has 1 aliphatic rings. The van der Waals surface area contributed by atoms with Gasteiger partial charge in [-0.2, -0.15) is 13.2 Å². The highest BCUT2D eigenvalue weighted by atomic mass is 32.3. The Morgan fingerprint density at radius 1 is 1.12 bits per heavy atom. The molecule has 1 saturated heterocycles. The molecule has 0 saturated carbocycles. The monoisotopic (exact) mass is 638 g/mol. The second kappa shape index (κ2) is 11.3. The van der Waals surface area contributed by atoms with Crippen LogP contribution in [0.25, 0.3) is 11.0 Å². The first-order valence-corrected chi connectivity index (χ1v) is 15.7. The third-order valence-corrected chi connectivity index (χ3v) is 10.1. The number of aromatic nitrogens is 2. The molecule has 0 spiro atoms. The summed E-state index contributed by atoms with van der Waals surface area (Å²) < 4.78 is 90.6. The molecule has 1 fully saturated rings. The SMILES string of the molecule is Cc1cccc(S(=O)(=O)N(OC(=O)C(F)(F)F)[C@@H](Cc2ccc(C3CC(=O)NS3(O)O)cc2)c2nc3ccccc3[nH]2)c1. The fourth-order valence-corrected chi connectivity index (χ4v) is 7.61. The Hall–Kier alpha value is -3.96. The van der Waals surface area contributed by atoms with Crippen LogP contribution >= 0.6 is 10.8 Å². The van der Waals surface area contributed by atoms with Crippen LogP contribution in [-0.4, -0.2) is 50.0 Å². The molecule has 5 rings (SSSR count). The van der Waals surface area contributed by atoms with Gasteiger partial charge in [0.05, 0.1) is 22.3 Å². The lowest BCUT2D eigenvalue weighted by atomic mass is 10.0. The number of aromatic amines is 1. The molecule has 228 valence electrons. The van der Waals surface area contributed by atoms with Crippen LogP contribution in [0, 0.1) is 6.92 Å². The van der Waals surface area contributed by atoms with E-state index in [1.54, 1.807) is 37.3 Å². The van der Waals surface area contributed by atoms with Crippen molar-refractivity contribution < 1.29 is 45.1 Å². The molecular formula is C27H25F3N4O7S2. The van der Waals surface area contributed by atoms with E-state index in [0.717, 1.165) is 6.07 Å². The molecule has 11 nitrogen and oxygen atoms in total. The highest BCUT2D eigenvalue weighted by Gasteiger charge is 2.47. The van der Waals surface area contributed by atoms with Gasteiger partial charge in [-0.25, -0.2) is 18.2 Å². The van der Waals surface area contributed by atoms with E-state index < -0.39 is 55.0 Å². The minimum Gasteiger partial charge on any atom is -0.344 e. The molecular weight excluding hydrogens is 613 g/mol. The summed E-state index contributed by atoms with van der Waals surface area (Å²) in [7, 11) is -8.35. The van der Waals surface area contributed by atoms with E-state index in [1.165, 1.54) is 36.4 Å². The number of amides is 1. The predicted molar refractivity (Wildman–Crippen MR) is 150 cm³/mol. The fourth-order valence-electron chi connectivity index (χ4n) is 4.66. The fraction of sp³-hybridized carbons (Fsp3) is 0.222. The minimum absolute atomic E-state index is 0.0133. The van der Waals surface area contributed by atoms with Gasteiger partial charge in [0.15, 0.2) is 0 Å². The molecule has 1 aromatic heterocycles. The number of sulfonamides is 1. The third-order valence-electron chi connectivity index (χ3n) is 6.72. The van der Waals surface area contributed by atoms with Crippen LogP contribution in [-0.2, 0) is 30.9 Å². The van der Waals surface area contributed by atoms with Gasteiger partial charge in [-0.15, -0.1) is 10.8 Å². The van der Waals surface area contributed by atoms with Gasteiger partial charge in [-0.05, 0) is 58.8 Å². The van der Waals surface area contributed by atoms with Gasteiger partial charge in [0, 0.05) is 0 Å². The number of aryl methyl sites for hydroxylation is 1. The summed E-state index contributed by atoms with van der Waals surface area (Å²) in [5, 5.41) is -0.925. The van der Waals surface area contributed by atoms with Crippen molar-refractivity contribution >= 4 is 43.7 Å². The zero-order valence-electron chi connectivity index (χ0n) is 22.3. The number of benzene rings is 3. The van der Waals surface area contributed by atoms with Crippen molar-refractivity contribution in [3.05, 3.63) is 95.3 Å². The van der Waals surface area contributed by atoms with Crippen molar-refractivity contribution in [2.45, 2.75) is 42.1 Å². The standard InChI is InChI=1S/C27H25F3N4O7S2/c1-16-5-4-6-19(13-16)43(39,40)34(41-26(36)27(28,29)30)22(25-31-20-7-2-3-8-21(20)32-25)14-17-9-11-18(12-10-17)23-15-24(35)33-42(23,37)38/h2-13,22-23,37-38H,14-15H2,1H3,(H,31,32)(H,33,35)/t22-,23?/m0/s1. The zero-order valence-corrected chi connectivity index (χ0v) is 23.9. The maximum Gasteiger partial charge on any atom is 0.492 e. The third kappa shape index (κ3) is 6.37. The molecule has 1 unspecified atom stereocenters. The molecule has 0 radical (unpaired) electrons. The van der Waals surface area contributed by atoms with Crippen molar-refractivity contribution in [3.63, 3.8) is 0 Å². The number of hydrogen-bond acceptors (Lipinski definition) is 8. The number of fused-ring (bicyclic) bond motifs is 1. The van der Waals surface area contributed by atoms with Crippen molar-refractivity contribution in [2.75, 3.05) is 0 Å². The van der Waals surface area contributed by atoms with Gasteiger partial charge >= 0.3 is 12.1 Å². The number of para-hydroxylation sites is 2. The van der Waals surface area contributed by atoms with E-state index in [1.807, 2.05) is 0 Å². The predicted octanol–water partition coefficient (Wildman–Crippen LogP) is 5.09. The van der Waals surface area contributed by atoms with Gasteiger partial charge < -0.3 is 9.82 Å². The van der Waals surface area contributed by atoms with Gasteiger partial charge in [0.1, 0.15) is 17.1 Å². The molecule has 4 aromatic rings. The van der Waals surface area contributed by atoms with Crippen LogP contribution in [0.2, 0.25) is 0 Å². The quantitative estimate of drug-likeness (QED) is 0.194. The number of hydrogen-bond donors (Lipinski definition) is 4. The largest absolute Gasteiger partial charge is 0.492 e. The van der Waals surface area contributed by atoms with E-state index >= 15 is 0 Å². The molecule has 0 bridgehead atoms. The number of rotatable bonds is 8. The number of H-pyrrole nitrogens is 1. The first-order valence-electron chi connectivity index (χ1n) is 12.7. The van der Waals surface area contributed by atoms with Gasteiger partial charge in [0.25, 0.3) is 10.0 Å². The second-order valence-corrected chi connectivity index (χ2v) is 13.6. The van der Waals surface area contributed by atoms with E-state index in [9.17, 15) is 40.3 Å². The number of carbonyl (C=O) groups is 2. The first kappa shape index (κ1) is 30.5. The lowest BCUT2D eigenvalue weighted by Crippen LogP contribution is -2.42. The van der Waals surface area contributed by atoms with E-state index in [2.05, 4.69) is 19.5 Å². The summed E-state index contributed by atoms with van der Waals surface area (Å²) in [5.74, 6) is -3.39. The Bertz CT molecular complexity index is 1760. The van der Waals surface area contributed by atoms with Crippen LogP contribution in [0.3, 0.4) is 0 Å². The van der Waals surface area contributed by atoms with Gasteiger partial charge in [-0.1, -0.05) is 48.5 Å². The normalized spacial score (nSPS) is 18.4. The zero-order chi connectivity index (χ0) is 31.2. The Balaban J connectivity index is 1.60. The van der Waals surface area contributed by atoms with Crippen LogP contribution in [0.15, 0.2) is 77.7 Å². The Morgan fingerprint density at radius 2 is 1.81 bits per heavy atom. The number of nitrogens with zero attached hydrogens (tertiary/aromatic N) is 2. The van der Waals surface area contributed by atoms with Crippen molar-refractivity contribution in [3.8, 4) is 0 Å². The topological polar surface area (TPSA) is 162 Å². The van der Waals surface area contributed by atoms with Crippen molar-refractivity contribution in [1.82, 2.24) is 19.2 Å². The maximum absolute atomic E-state index is 13.8. The summed E-state index contributed by atoms with van der Waals surface area (Å²) >= 11 is 0. The number of hydroxylamine groups is 1. The highest BCUT2D eigenvalue weighted by molar-refractivity contribution is 8.23. The van der Waals surface area contributed by atoms with E-state index in [0.29, 0.717) is 27.7 Å². The van der Waals surface area contributed by atoms with Crippen molar-refractivity contribution in [2.24, 2.45) is 0 Å². The molecule has 4 N–H and O–H groups in total. The minimum atomic E-state index is -5.52. The van der Waals surface area contributed by atoms with Crippen LogP contribution in [0.1, 0.15) is 40.2 Å². The van der Waals surface area contributed by atoms with Crippen molar-refractivity contribution in [1.29, 1.82) is 0 Å². The lowest BCUT2D eigenvalue weighted by molar-refractivity contribution is -0.227. The molecule has 16 heteroatoms. The van der Waals surface area contributed by atoms with E-state index in [4.69, 9.17) is 0 Å². The number of imidazole rings is 1. The lowest BCUT2D eigenvalue weighted by Gasteiger charge is -2.33. The Labute approximate surface area is 245 Å². The van der Waals surface area contributed by atoms with Gasteiger partial charge in [0.2, 0.25) is 5.91 Å². The molecule has 1 amide bonds. The smallest absolute Gasteiger partial charge is 0.344 e. The van der Waals surface area contributed by atoms with Gasteiger partial charge in [-0.3, -0.25) is 18.6 Å². The molecule has 43 heavy (non-hydrogen) atoms. The Morgan fingerprint density at radius 3 is 2.42 bits per heavy atom. The van der Waals surface area contributed by atoms with Crippen LogP contribution < -0.4 is 4.72 Å². The highest BCUT2D eigenvalue weighted by Crippen LogP contribution is 2.56. The average molecular weight is 639 g/mol. The molecule has 2 atom stereocenters. The summed E-state index contributed by atoms with van der Waals surface area (Å²) in [6.07, 6.45) is -6.01. The average Bonchev–Trinajstić information content (AvgIpc) is 3.49. The summed E-state index contributed by atoms with van der Waals surface area (Å²) in [6, 6.07) is 16.3.